The first kappa shape index (κ1) is 13.7. The fraction of sp³-hybridized carbons (Fsp3) is 0.278. The molecule has 0 aromatic heterocycles. The maximum absolute atomic E-state index is 5.77. The van der Waals surface area contributed by atoms with Crippen LogP contribution in [0.25, 0.3) is 0 Å². The van der Waals surface area contributed by atoms with E-state index >= 15 is 0 Å². The zero-order valence-electron chi connectivity index (χ0n) is 12.4. The number of ether oxygens (including phenoxy) is 1. The van der Waals surface area contributed by atoms with Crippen LogP contribution in [0.15, 0.2) is 65.7 Å². The smallest absolute Gasteiger partial charge is 0.145 e. The SMILES string of the molecule is CC1(C)NC(COc2ccccc2)=N[C@@H]1c1ccccc1. The Balaban J connectivity index is 1.73. The average molecular weight is 280 g/mol. The van der Waals surface area contributed by atoms with E-state index in [0.717, 1.165) is 11.6 Å². The normalized spacial score (nSPS) is 19.7. The lowest BCUT2D eigenvalue weighted by atomic mass is 9.90. The molecule has 1 N–H and O–H groups in total. The van der Waals surface area contributed by atoms with Gasteiger partial charge in [-0.1, -0.05) is 48.5 Å². The molecule has 0 saturated carbocycles. The Labute approximate surface area is 125 Å². The van der Waals surface area contributed by atoms with Gasteiger partial charge >= 0.3 is 0 Å². The highest BCUT2D eigenvalue weighted by Gasteiger charge is 2.36. The van der Waals surface area contributed by atoms with Gasteiger partial charge in [0, 0.05) is 0 Å². The van der Waals surface area contributed by atoms with Crippen LogP contribution in [0.1, 0.15) is 25.5 Å². The van der Waals surface area contributed by atoms with Crippen molar-refractivity contribution in [3.05, 3.63) is 66.2 Å². The van der Waals surface area contributed by atoms with Crippen LogP contribution in [0.5, 0.6) is 5.75 Å². The molecule has 1 heterocycles. The van der Waals surface area contributed by atoms with E-state index in [1.165, 1.54) is 5.56 Å². The van der Waals surface area contributed by atoms with Crippen molar-refractivity contribution in [2.75, 3.05) is 6.61 Å². The van der Waals surface area contributed by atoms with Crippen LogP contribution >= 0.6 is 0 Å². The molecule has 0 unspecified atom stereocenters. The maximum Gasteiger partial charge on any atom is 0.145 e. The molecule has 1 aliphatic heterocycles. The number of benzene rings is 2. The number of amidine groups is 1. The standard InChI is InChI=1S/C18H20N2O/c1-18(2)17(14-9-5-3-6-10-14)19-16(20-18)13-21-15-11-7-4-8-12-15/h3-12,17H,13H2,1-2H3,(H,19,20)/t17-/m1/s1. The number of hydrogen-bond acceptors (Lipinski definition) is 3. The molecular formula is C18H20N2O. The lowest BCUT2D eigenvalue weighted by Gasteiger charge is -2.26. The molecule has 0 fully saturated rings. The largest absolute Gasteiger partial charge is 0.486 e. The minimum absolute atomic E-state index is 0.100. The Morgan fingerprint density at radius 3 is 2.29 bits per heavy atom. The summed E-state index contributed by atoms with van der Waals surface area (Å²) >= 11 is 0. The Kier molecular flexibility index (Phi) is 3.65. The van der Waals surface area contributed by atoms with Gasteiger partial charge in [0.1, 0.15) is 18.2 Å². The molecule has 0 radical (unpaired) electrons. The number of nitrogens with zero attached hydrogens (tertiary/aromatic N) is 1. The molecule has 3 nitrogen and oxygen atoms in total. The Hall–Kier alpha value is -2.29. The molecular weight excluding hydrogens is 260 g/mol. The summed E-state index contributed by atoms with van der Waals surface area (Å²) in [4.78, 5) is 4.81. The van der Waals surface area contributed by atoms with Crippen molar-refractivity contribution in [2.45, 2.75) is 25.4 Å². The average Bonchev–Trinajstić information content (AvgIpc) is 2.82. The highest BCUT2D eigenvalue weighted by molar-refractivity contribution is 5.86. The number of aliphatic imine (C=N–C) groups is 1. The monoisotopic (exact) mass is 280 g/mol. The fourth-order valence-corrected chi connectivity index (χ4v) is 2.66. The summed E-state index contributed by atoms with van der Waals surface area (Å²) in [5.74, 6) is 1.76. The number of hydrogen-bond donors (Lipinski definition) is 1. The minimum atomic E-state index is -0.100. The second kappa shape index (κ2) is 5.60. The first-order valence-electron chi connectivity index (χ1n) is 7.23. The van der Waals surface area contributed by atoms with Crippen molar-refractivity contribution in [1.82, 2.24) is 5.32 Å². The van der Waals surface area contributed by atoms with Gasteiger partial charge in [-0.3, -0.25) is 4.99 Å². The zero-order chi connectivity index (χ0) is 14.7. The number of rotatable bonds is 4. The van der Waals surface area contributed by atoms with Gasteiger partial charge in [0.25, 0.3) is 0 Å². The van der Waals surface area contributed by atoms with Crippen molar-refractivity contribution >= 4 is 5.84 Å². The lowest BCUT2D eigenvalue weighted by Crippen LogP contribution is -2.42. The summed E-state index contributed by atoms with van der Waals surface area (Å²) in [7, 11) is 0. The van der Waals surface area contributed by atoms with Crippen molar-refractivity contribution in [1.29, 1.82) is 0 Å². The number of nitrogens with one attached hydrogen (secondary N) is 1. The lowest BCUT2D eigenvalue weighted by molar-refractivity contribution is 0.365. The second-order valence-corrected chi connectivity index (χ2v) is 5.84. The first-order chi connectivity index (χ1) is 10.1. The van der Waals surface area contributed by atoms with Crippen molar-refractivity contribution in [3.63, 3.8) is 0 Å². The van der Waals surface area contributed by atoms with Crippen LogP contribution in [0.2, 0.25) is 0 Å². The second-order valence-electron chi connectivity index (χ2n) is 5.84. The van der Waals surface area contributed by atoms with Gasteiger partial charge in [0.15, 0.2) is 0 Å². The van der Waals surface area contributed by atoms with Crippen LogP contribution < -0.4 is 10.1 Å². The van der Waals surface area contributed by atoms with Crippen LogP contribution in [0.4, 0.5) is 0 Å². The van der Waals surface area contributed by atoms with Gasteiger partial charge in [-0.25, -0.2) is 0 Å². The predicted molar refractivity (Wildman–Crippen MR) is 85.8 cm³/mol. The van der Waals surface area contributed by atoms with Gasteiger partial charge < -0.3 is 10.1 Å². The Morgan fingerprint density at radius 2 is 1.62 bits per heavy atom. The molecule has 0 aliphatic carbocycles. The predicted octanol–water partition coefficient (Wildman–Crippen LogP) is 3.59. The van der Waals surface area contributed by atoms with E-state index in [1.807, 2.05) is 36.4 Å². The maximum atomic E-state index is 5.77. The highest BCUT2D eigenvalue weighted by atomic mass is 16.5. The molecule has 21 heavy (non-hydrogen) atoms. The molecule has 108 valence electrons. The molecule has 2 aromatic rings. The molecule has 3 heteroatoms. The zero-order valence-corrected chi connectivity index (χ0v) is 12.4. The fourth-order valence-electron chi connectivity index (χ4n) is 2.66. The molecule has 2 aromatic carbocycles. The van der Waals surface area contributed by atoms with E-state index in [-0.39, 0.29) is 11.6 Å². The van der Waals surface area contributed by atoms with Crippen LogP contribution in [-0.4, -0.2) is 18.0 Å². The van der Waals surface area contributed by atoms with Gasteiger partial charge in [0.2, 0.25) is 0 Å². The summed E-state index contributed by atoms with van der Waals surface area (Å²) in [6.07, 6.45) is 0. The van der Waals surface area contributed by atoms with E-state index in [4.69, 9.17) is 9.73 Å². The van der Waals surface area contributed by atoms with Crippen molar-refractivity contribution in [2.24, 2.45) is 4.99 Å². The van der Waals surface area contributed by atoms with Crippen molar-refractivity contribution < 1.29 is 4.74 Å². The van der Waals surface area contributed by atoms with E-state index in [2.05, 4.69) is 43.4 Å². The molecule has 1 aliphatic rings. The molecule has 0 saturated heterocycles. The molecule has 3 rings (SSSR count). The summed E-state index contributed by atoms with van der Waals surface area (Å²) in [5, 5.41) is 3.47. The molecule has 0 bridgehead atoms. The summed E-state index contributed by atoms with van der Waals surface area (Å²) < 4.78 is 5.77. The molecule has 0 amide bonds. The van der Waals surface area contributed by atoms with Gasteiger partial charge in [-0.15, -0.1) is 0 Å². The topological polar surface area (TPSA) is 33.6 Å². The molecule has 0 spiro atoms. The van der Waals surface area contributed by atoms with Crippen LogP contribution in [-0.2, 0) is 0 Å². The van der Waals surface area contributed by atoms with E-state index in [9.17, 15) is 0 Å². The molecule has 1 atom stereocenters. The third-order valence-electron chi connectivity index (χ3n) is 3.67. The first-order valence-corrected chi connectivity index (χ1v) is 7.23. The van der Waals surface area contributed by atoms with Crippen molar-refractivity contribution in [3.8, 4) is 5.75 Å². The minimum Gasteiger partial charge on any atom is -0.486 e. The van der Waals surface area contributed by atoms with Crippen LogP contribution in [0, 0.1) is 0 Å². The summed E-state index contributed by atoms with van der Waals surface area (Å²) in [5.41, 5.74) is 1.13. The summed E-state index contributed by atoms with van der Waals surface area (Å²) in [6, 6.07) is 20.3. The quantitative estimate of drug-likeness (QED) is 0.928. The van der Waals surface area contributed by atoms with Gasteiger partial charge in [-0.2, -0.15) is 0 Å². The van der Waals surface area contributed by atoms with E-state index < -0.39 is 0 Å². The van der Waals surface area contributed by atoms with Crippen LogP contribution in [0.3, 0.4) is 0 Å². The Morgan fingerprint density at radius 1 is 1.00 bits per heavy atom. The van der Waals surface area contributed by atoms with Gasteiger partial charge in [0.05, 0.1) is 11.6 Å². The third kappa shape index (κ3) is 3.07. The van der Waals surface area contributed by atoms with E-state index in [1.54, 1.807) is 0 Å². The van der Waals surface area contributed by atoms with E-state index in [0.29, 0.717) is 6.61 Å². The number of para-hydroxylation sites is 1. The third-order valence-corrected chi connectivity index (χ3v) is 3.67. The summed E-state index contributed by atoms with van der Waals surface area (Å²) in [6.45, 7) is 4.81. The van der Waals surface area contributed by atoms with Gasteiger partial charge in [-0.05, 0) is 31.5 Å². The highest BCUT2D eigenvalue weighted by Crippen LogP contribution is 2.33. The Bertz CT molecular complexity index is 620.